The van der Waals surface area contributed by atoms with Gasteiger partial charge in [-0.1, -0.05) is 20.8 Å². The van der Waals surface area contributed by atoms with E-state index in [0.29, 0.717) is 6.54 Å². The van der Waals surface area contributed by atoms with E-state index in [1.54, 1.807) is 13.2 Å². The van der Waals surface area contributed by atoms with E-state index in [2.05, 4.69) is 35.6 Å². The van der Waals surface area contributed by atoms with Crippen LogP contribution in [0, 0.1) is 0 Å². The SMILES string of the molecule is CN(C1CCCN(c2ccnc(C(C)(C)C)n2)C1)S(C)(=O)=O. The number of rotatable bonds is 3. The van der Waals surface area contributed by atoms with E-state index >= 15 is 0 Å². The first-order valence-electron chi connectivity index (χ1n) is 7.60. The first-order valence-corrected chi connectivity index (χ1v) is 9.45. The summed E-state index contributed by atoms with van der Waals surface area (Å²) < 4.78 is 25.0. The highest BCUT2D eigenvalue weighted by Gasteiger charge is 2.29. The second-order valence-corrected chi connectivity index (χ2v) is 9.05. The molecule has 0 amide bonds. The van der Waals surface area contributed by atoms with E-state index < -0.39 is 10.0 Å². The zero-order valence-electron chi connectivity index (χ0n) is 14.1. The van der Waals surface area contributed by atoms with Gasteiger partial charge in [-0.25, -0.2) is 22.7 Å². The third kappa shape index (κ3) is 3.95. The van der Waals surface area contributed by atoms with E-state index in [1.807, 2.05) is 6.07 Å². The fourth-order valence-corrected chi connectivity index (χ4v) is 3.33. The van der Waals surface area contributed by atoms with Crippen LogP contribution in [0.25, 0.3) is 0 Å². The maximum atomic E-state index is 11.7. The summed E-state index contributed by atoms with van der Waals surface area (Å²) in [5.41, 5.74) is -0.102. The quantitative estimate of drug-likeness (QED) is 0.845. The molecule has 2 rings (SSSR count). The number of nitrogens with zero attached hydrogens (tertiary/aromatic N) is 4. The maximum absolute atomic E-state index is 11.7. The standard InChI is InChI=1S/C15H26N4O2S/c1-15(2,3)14-16-9-8-13(17-14)19-10-6-7-12(11-19)18(4)22(5,20)21/h8-9,12H,6-7,10-11H2,1-5H3. The van der Waals surface area contributed by atoms with Crippen molar-refractivity contribution in [3.05, 3.63) is 18.1 Å². The molecule has 0 spiro atoms. The molecule has 1 unspecified atom stereocenters. The van der Waals surface area contributed by atoms with Crippen LogP contribution >= 0.6 is 0 Å². The predicted octanol–water partition coefficient (Wildman–Crippen LogP) is 1.63. The third-order valence-corrected chi connectivity index (χ3v) is 5.41. The molecule has 7 heteroatoms. The minimum atomic E-state index is -3.17. The van der Waals surface area contributed by atoms with Gasteiger partial charge in [0.25, 0.3) is 0 Å². The van der Waals surface area contributed by atoms with Crippen molar-refractivity contribution in [2.24, 2.45) is 0 Å². The summed E-state index contributed by atoms with van der Waals surface area (Å²) in [5.74, 6) is 1.69. The Labute approximate surface area is 133 Å². The monoisotopic (exact) mass is 326 g/mol. The van der Waals surface area contributed by atoms with Gasteiger partial charge in [-0.05, 0) is 18.9 Å². The lowest BCUT2D eigenvalue weighted by atomic mass is 9.96. The molecule has 0 radical (unpaired) electrons. The van der Waals surface area contributed by atoms with Gasteiger partial charge in [0, 0.05) is 37.8 Å². The molecule has 22 heavy (non-hydrogen) atoms. The summed E-state index contributed by atoms with van der Waals surface area (Å²) in [5, 5.41) is 0. The molecular weight excluding hydrogens is 300 g/mol. The molecule has 124 valence electrons. The summed E-state index contributed by atoms with van der Waals surface area (Å²) in [6, 6.07) is 1.90. The normalized spacial score (nSPS) is 20.5. The van der Waals surface area contributed by atoms with Crippen molar-refractivity contribution in [1.29, 1.82) is 0 Å². The molecule has 1 saturated heterocycles. The second kappa shape index (κ2) is 6.12. The molecule has 1 aromatic rings. The Balaban J connectivity index is 2.20. The second-order valence-electron chi connectivity index (χ2n) is 7.01. The van der Waals surface area contributed by atoms with Crippen LogP contribution in [-0.4, -0.2) is 55.1 Å². The van der Waals surface area contributed by atoms with Crippen molar-refractivity contribution < 1.29 is 8.42 Å². The van der Waals surface area contributed by atoms with Crippen molar-refractivity contribution in [3.8, 4) is 0 Å². The van der Waals surface area contributed by atoms with Crippen molar-refractivity contribution in [2.75, 3.05) is 31.3 Å². The van der Waals surface area contributed by atoms with Gasteiger partial charge in [0.2, 0.25) is 10.0 Å². The topological polar surface area (TPSA) is 66.4 Å². The molecule has 1 fully saturated rings. The Bertz CT molecular complexity index is 625. The molecule has 0 aliphatic carbocycles. The molecule has 0 N–H and O–H groups in total. The zero-order valence-corrected chi connectivity index (χ0v) is 14.9. The van der Waals surface area contributed by atoms with Gasteiger partial charge in [0.15, 0.2) is 0 Å². The molecule has 1 aromatic heterocycles. The van der Waals surface area contributed by atoms with Crippen LogP contribution in [0.1, 0.15) is 39.4 Å². The molecule has 1 atom stereocenters. The van der Waals surface area contributed by atoms with Gasteiger partial charge in [0.1, 0.15) is 11.6 Å². The maximum Gasteiger partial charge on any atom is 0.211 e. The minimum Gasteiger partial charge on any atom is -0.355 e. The van der Waals surface area contributed by atoms with E-state index in [4.69, 9.17) is 0 Å². The number of hydrogen-bond donors (Lipinski definition) is 0. The van der Waals surface area contributed by atoms with Gasteiger partial charge in [0.05, 0.1) is 6.26 Å². The van der Waals surface area contributed by atoms with Crippen LogP contribution < -0.4 is 4.90 Å². The van der Waals surface area contributed by atoms with Gasteiger partial charge in [-0.2, -0.15) is 0 Å². The third-order valence-electron chi connectivity index (χ3n) is 4.07. The number of piperidine rings is 1. The van der Waals surface area contributed by atoms with E-state index in [0.717, 1.165) is 31.0 Å². The lowest BCUT2D eigenvalue weighted by molar-refractivity contribution is 0.321. The van der Waals surface area contributed by atoms with Crippen LogP contribution in [0.3, 0.4) is 0 Å². The smallest absolute Gasteiger partial charge is 0.211 e. The van der Waals surface area contributed by atoms with Gasteiger partial charge in [-0.15, -0.1) is 0 Å². The molecule has 0 aromatic carbocycles. The summed E-state index contributed by atoms with van der Waals surface area (Å²) in [6.07, 6.45) is 4.89. The molecule has 2 heterocycles. The molecule has 6 nitrogen and oxygen atoms in total. The molecule has 0 saturated carbocycles. The largest absolute Gasteiger partial charge is 0.355 e. The van der Waals surface area contributed by atoms with Crippen molar-refractivity contribution >= 4 is 15.8 Å². The Kier molecular flexibility index (Phi) is 4.77. The highest BCUT2D eigenvalue weighted by Crippen LogP contribution is 2.24. The average molecular weight is 326 g/mol. The Morgan fingerprint density at radius 2 is 2.05 bits per heavy atom. The fraction of sp³-hybridized carbons (Fsp3) is 0.733. The van der Waals surface area contributed by atoms with E-state index in [9.17, 15) is 8.42 Å². The molecular formula is C15H26N4O2S. The van der Waals surface area contributed by atoms with Crippen LogP contribution in [0.4, 0.5) is 5.82 Å². The molecule has 1 aliphatic rings. The summed E-state index contributed by atoms with van der Waals surface area (Å²) in [6.45, 7) is 7.83. The van der Waals surface area contributed by atoms with Gasteiger partial charge < -0.3 is 4.90 Å². The van der Waals surface area contributed by atoms with Crippen molar-refractivity contribution in [2.45, 2.75) is 45.1 Å². The molecule has 1 aliphatic heterocycles. The van der Waals surface area contributed by atoms with Crippen molar-refractivity contribution in [3.63, 3.8) is 0 Å². The van der Waals surface area contributed by atoms with Crippen molar-refractivity contribution in [1.82, 2.24) is 14.3 Å². The Morgan fingerprint density at radius 1 is 1.36 bits per heavy atom. The number of likely N-dealkylation sites (N-methyl/N-ethyl adjacent to an activating group) is 1. The summed E-state index contributed by atoms with van der Waals surface area (Å²) in [4.78, 5) is 11.2. The van der Waals surface area contributed by atoms with Crippen LogP contribution in [0.2, 0.25) is 0 Å². The summed E-state index contributed by atoms with van der Waals surface area (Å²) >= 11 is 0. The highest BCUT2D eigenvalue weighted by atomic mass is 32.2. The lowest BCUT2D eigenvalue weighted by Gasteiger charge is -2.37. The van der Waals surface area contributed by atoms with Crippen LogP contribution in [0.15, 0.2) is 12.3 Å². The van der Waals surface area contributed by atoms with E-state index in [1.165, 1.54) is 10.6 Å². The average Bonchev–Trinajstić information content (AvgIpc) is 2.45. The number of sulfonamides is 1. The Morgan fingerprint density at radius 3 is 2.64 bits per heavy atom. The minimum absolute atomic E-state index is 0.00296. The van der Waals surface area contributed by atoms with Crippen LogP contribution in [-0.2, 0) is 15.4 Å². The van der Waals surface area contributed by atoms with Gasteiger partial charge in [-0.3, -0.25) is 0 Å². The van der Waals surface area contributed by atoms with E-state index in [-0.39, 0.29) is 11.5 Å². The highest BCUT2D eigenvalue weighted by molar-refractivity contribution is 7.88. The number of aromatic nitrogens is 2. The zero-order chi connectivity index (χ0) is 16.5. The van der Waals surface area contributed by atoms with Crippen LogP contribution in [0.5, 0.6) is 0 Å². The van der Waals surface area contributed by atoms with Gasteiger partial charge >= 0.3 is 0 Å². The summed E-state index contributed by atoms with van der Waals surface area (Å²) in [7, 11) is -1.51. The lowest BCUT2D eigenvalue weighted by Crippen LogP contribution is -2.48. The molecule has 0 bridgehead atoms. The Hall–Kier alpha value is -1.21. The number of hydrogen-bond acceptors (Lipinski definition) is 5. The number of anilines is 1. The first-order chi connectivity index (χ1) is 10.1. The fourth-order valence-electron chi connectivity index (χ4n) is 2.62. The predicted molar refractivity (Wildman–Crippen MR) is 88.6 cm³/mol. The first kappa shape index (κ1) is 17.1.